The van der Waals surface area contributed by atoms with Gasteiger partial charge in [0.25, 0.3) is 5.92 Å². The fraction of sp³-hybridized carbons (Fsp3) is 0.444. The molecular weight excluding hydrogens is 350 g/mol. The van der Waals surface area contributed by atoms with Crippen LogP contribution < -0.4 is 5.32 Å². The van der Waals surface area contributed by atoms with E-state index in [9.17, 15) is 8.78 Å². The van der Waals surface area contributed by atoms with Crippen LogP contribution in [-0.4, -0.2) is 29.2 Å². The first-order valence-electron chi connectivity index (χ1n) is 4.44. The van der Waals surface area contributed by atoms with Crippen molar-refractivity contribution in [2.24, 2.45) is 0 Å². The highest BCUT2D eigenvalue weighted by Crippen LogP contribution is 2.19. The van der Waals surface area contributed by atoms with E-state index in [-0.39, 0.29) is 6.54 Å². The van der Waals surface area contributed by atoms with Gasteiger partial charge in [0.15, 0.2) is 0 Å². The lowest BCUT2D eigenvalue weighted by Crippen LogP contribution is -2.35. The average molecular weight is 360 g/mol. The van der Waals surface area contributed by atoms with Gasteiger partial charge in [0.2, 0.25) is 0 Å². The predicted molar refractivity (Wildman–Crippen MR) is 63.4 cm³/mol. The van der Waals surface area contributed by atoms with Gasteiger partial charge in [0, 0.05) is 21.7 Å². The zero-order valence-corrected chi connectivity index (χ0v) is 11.4. The molecule has 1 aromatic heterocycles. The van der Waals surface area contributed by atoms with Gasteiger partial charge in [-0.1, -0.05) is 0 Å². The third-order valence-electron chi connectivity index (χ3n) is 1.79. The van der Waals surface area contributed by atoms with Crippen molar-refractivity contribution in [3.05, 3.63) is 26.9 Å². The van der Waals surface area contributed by atoms with Crippen LogP contribution in [0.25, 0.3) is 0 Å². The second-order valence-electron chi connectivity index (χ2n) is 3.20. The van der Waals surface area contributed by atoms with E-state index in [0.717, 1.165) is 8.95 Å². The van der Waals surface area contributed by atoms with Crippen LogP contribution in [0.15, 0.2) is 21.2 Å². The summed E-state index contributed by atoms with van der Waals surface area (Å²) in [4.78, 5) is 4.06. The monoisotopic (exact) mass is 358 g/mol. The maximum Gasteiger partial charge on any atom is 0.282 e. The summed E-state index contributed by atoms with van der Waals surface area (Å²) in [5.74, 6) is -3.10. The maximum atomic E-state index is 12.7. The molecule has 0 fully saturated rings. The quantitative estimate of drug-likeness (QED) is 0.848. The van der Waals surface area contributed by atoms with Gasteiger partial charge in [-0.25, -0.2) is 8.78 Å². The Kier molecular flexibility index (Phi) is 5.23. The van der Waals surface area contributed by atoms with E-state index in [1.165, 1.54) is 0 Å². The molecule has 0 saturated carbocycles. The molecule has 2 N–H and O–H groups in total. The minimum atomic E-state index is -3.10. The number of halogens is 4. The Morgan fingerprint density at radius 3 is 2.69 bits per heavy atom. The number of nitrogens with zero attached hydrogens (tertiary/aromatic N) is 1. The van der Waals surface area contributed by atoms with Gasteiger partial charge in [-0.05, 0) is 37.9 Å². The first-order valence-corrected chi connectivity index (χ1v) is 6.02. The number of hydrogen-bond donors (Lipinski definition) is 2. The molecule has 16 heavy (non-hydrogen) atoms. The fourth-order valence-corrected chi connectivity index (χ4v) is 2.12. The smallest absolute Gasteiger partial charge is 0.282 e. The van der Waals surface area contributed by atoms with Crippen molar-refractivity contribution >= 4 is 31.9 Å². The molecule has 0 saturated heterocycles. The van der Waals surface area contributed by atoms with Gasteiger partial charge in [-0.2, -0.15) is 0 Å². The van der Waals surface area contributed by atoms with Crippen LogP contribution in [-0.2, 0) is 6.54 Å². The summed E-state index contributed by atoms with van der Waals surface area (Å²) in [7, 11) is 0. The normalized spacial score (nSPS) is 11.8. The predicted octanol–water partition coefficient (Wildman–Crippen LogP) is 2.32. The molecule has 90 valence electrons. The van der Waals surface area contributed by atoms with Crippen molar-refractivity contribution in [3.63, 3.8) is 0 Å². The summed E-state index contributed by atoms with van der Waals surface area (Å²) in [6, 6.07) is 1.79. The van der Waals surface area contributed by atoms with Crippen LogP contribution >= 0.6 is 31.9 Å². The Hall–Kier alpha value is -0.110. The van der Waals surface area contributed by atoms with Crippen molar-refractivity contribution in [1.82, 2.24) is 10.3 Å². The largest absolute Gasteiger partial charge is 0.390 e. The van der Waals surface area contributed by atoms with Crippen LogP contribution in [0.1, 0.15) is 5.69 Å². The van der Waals surface area contributed by atoms with Gasteiger partial charge < -0.3 is 10.4 Å². The van der Waals surface area contributed by atoms with E-state index in [4.69, 9.17) is 5.11 Å². The van der Waals surface area contributed by atoms with Crippen LogP contribution in [0.3, 0.4) is 0 Å². The third-order valence-corrected chi connectivity index (χ3v) is 2.91. The van der Waals surface area contributed by atoms with Crippen molar-refractivity contribution in [3.8, 4) is 0 Å². The second kappa shape index (κ2) is 6.00. The lowest BCUT2D eigenvalue weighted by atomic mass is 10.3. The van der Waals surface area contributed by atoms with Crippen molar-refractivity contribution in [2.75, 3.05) is 13.2 Å². The van der Waals surface area contributed by atoms with Crippen LogP contribution in [0, 0.1) is 0 Å². The molecule has 1 rings (SSSR count). The molecule has 0 spiro atoms. The highest BCUT2D eigenvalue weighted by atomic mass is 79.9. The van der Waals surface area contributed by atoms with Crippen molar-refractivity contribution < 1.29 is 13.9 Å². The molecule has 1 aromatic rings. The van der Waals surface area contributed by atoms with Crippen LogP contribution in [0.4, 0.5) is 8.78 Å². The number of aliphatic hydroxyl groups excluding tert-OH is 1. The Labute approximate surface area is 109 Å². The highest BCUT2D eigenvalue weighted by molar-refractivity contribution is 9.11. The van der Waals surface area contributed by atoms with E-state index in [2.05, 4.69) is 42.2 Å². The zero-order valence-electron chi connectivity index (χ0n) is 8.18. The number of nitrogens with one attached hydrogen (secondary N) is 1. The molecule has 7 heteroatoms. The van der Waals surface area contributed by atoms with Crippen molar-refractivity contribution in [1.29, 1.82) is 0 Å². The van der Waals surface area contributed by atoms with E-state index >= 15 is 0 Å². The van der Waals surface area contributed by atoms with E-state index in [1.807, 2.05) is 0 Å². The zero-order chi connectivity index (χ0) is 12.2. The Bertz CT molecular complexity index is 363. The fourth-order valence-electron chi connectivity index (χ4n) is 0.993. The lowest BCUT2D eigenvalue weighted by molar-refractivity contribution is -0.0478. The average Bonchev–Trinajstić information content (AvgIpc) is 2.21. The van der Waals surface area contributed by atoms with Crippen LogP contribution in [0.5, 0.6) is 0 Å². The minimum absolute atomic E-state index is 0.212. The van der Waals surface area contributed by atoms with Gasteiger partial charge in [-0.3, -0.25) is 4.98 Å². The van der Waals surface area contributed by atoms with E-state index in [0.29, 0.717) is 5.69 Å². The molecule has 0 aliphatic heterocycles. The molecular formula is C9H10Br2F2N2O. The molecule has 0 aliphatic carbocycles. The summed E-state index contributed by atoms with van der Waals surface area (Å²) in [5.41, 5.74) is 0.636. The minimum Gasteiger partial charge on any atom is -0.390 e. The first kappa shape index (κ1) is 14.0. The van der Waals surface area contributed by atoms with Gasteiger partial charge in [0.05, 0.1) is 12.2 Å². The van der Waals surface area contributed by atoms with Gasteiger partial charge in [-0.15, -0.1) is 0 Å². The summed E-state index contributed by atoms with van der Waals surface area (Å²) >= 11 is 6.52. The number of pyridine rings is 1. The summed E-state index contributed by atoms with van der Waals surface area (Å²) in [6.45, 7) is -1.52. The Morgan fingerprint density at radius 1 is 1.44 bits per heavy atom. The van der Waals surface area contributed by atoms with E-state index < -0.39 is 19.1 Å². The molecule has 0 bridgehead atoms. The molecule has 0 atom stereocenters. The number of alkyl halides is 2. The SMILES string of the molecule is OCC(F)(F)CNCc1ncc(Br)cc1Br. The molecule has 3 nitrogen and oxygen atoms in total. The van der Waals surface area contributed by atoms with Crippen LogP contribution in [0.2, 0.25) is 0 Å². The summed E-state index contributed by atoms with van der Waals surface area (Å²) in [6.07, 6.45) is 1.59. The Morgan fingerprint density at radius 2 is 2.12 bits per heavy atom. The van der Waals surface area contributed by atoms with Gasteiger partial charge >= 0.3 is 0 Å². The Balaban J connectivity index is 2.49. The van der Waals surface area contributed by atoms with E-state index in [1.54, 1.807) is 12.3 Å². The third kappa shape index (κ3) is 4.40. The summed E-state index contributed by atoms with van der Waals surface area (Å²) in [5, 5.41) is 10.9. The number of hydrogen-bond acceptors (Lipinski definition) is 3. The molecule has 0 aromatic carbocycles. The molecule has 0 unspecified atom stereocenters. The molecule has 0 amide bonds. The standard InChI is InChI=1S/C9H10Br2F2N2O/c10-6-1-7(11)8(15-2-6)3-14-4-9(12,13)5-16/h1-2,14,16H,3-5H2. The lowest BCUT2D eigenvalue weighted by Gasteiger charge is -2.14. The first-order chi connectivity index (χ1) is 7.44. The second-order valence-corrected chi connectivity index (χ2v) is 4.97. The number of aromatic nitrogens is 1. The highest BCUT2D eigenvalue weighted by Gasteiger charge is 2.26. The molecule has 0 aliphatic rings. The maximum absolute atomic E-state index is 12.7. The number of rotatable bonds is 5. The topological polar surface area (TPSA) is 45.1 Å². The summed E-state index contributed by atoms with van der Waals surface area (Å²) < 4.78 is 26.9. The van der Waals surface area contributed by atoms with Crippen molar-refractivity contribution in [2.45, 2.75) is 12.5 Å². The molecule has 0 radical (unpaired) electrons. The number of aliphatic hydroxyl groups is 1. The molecule has 1 heterocycles. The van der Waals surface area contributed by atoms with Gasteiger partial charge in [0.1, 0.15) is 6.61 Å².